The molecule has 1 aliphatic rings. The van der Waals surface area contributed by atoms with Crippen LogP contribution in [0.1, 0.15) is 37.7 Å². The molecule has 0 spiro atoms. The molecule has 2 atom stereocenters. The predicted molar refractivity (Wildman–Crippen MR) is 82.7 cm³/mol. The summed E-state index contributed by atoms with van der Waals surface area (Å²) >= 11 is 0. The maximum Gasteiger partial charge on any atom is 0.306 e. The molecule has 1 N–H and O–H groups in total. The highest BCUT2D eigenvalue weighted by atomic mass is 16.5. The lowest BCUT2D eigenvalue weighted by Crippen LogP contribution is -2.46. The molecule has 1 heterocycles. The van der Waals surface area contributed by atoms with Gasteiger partial charge in [-0.25, -0.2) is 0 Å². The van der Waals surface area contributed by atoms with Crippen molar-refractivity contribution in [2.75, 3.05) is 19.7 Å². The Morgan fingerprint density at radius 1 is 1.36 bits per heavy atom. The molecule has 1 saturated heterocycles. The standard InChI is InChI=1S/C17H23NO4/c1-2-13(14-6-4-3-5-7-14)10-16(19)18-8-9-22-15(12-18)11-17(20)21/h3-7,13,15H,2,8-12H2,1H3,(H,20,21). The first kappa shape index (κ1) is 16.5. The van der Waals surface area contributed by atoms with Crippen LogP contribution < -0.4 is 0 Å². The molecule has 0 bridgehead atoms. The maximum absolute atomic E-state index is 12.5. The number of nitrogens with zero attached hydrogens (tertiary/aromatic N) is 1. The molecule has 22 heavy (non-hydrogen) atoms. The number of aliphatic carboxylic acids is 1. The van der Waals surface area contributed by atoms with Gasteiger partial charge in [-0.1, -0.05) is 37.3 Å². The molecule has 0 radical (unpaired) electrons. The molecular formula is C17H23NO4. The molecule has 5 heteroatoms. The molecule has 1 aromatic carbocycles. The number of carboxylic acids is 1. The van der Waals surface area contributed by atoms with Crippen molar-refractivity contribution >= 4 is 11.9 Å². The Hall–Kier alpha value is -1.88. The van der Waals surface area contributed by atoms with Gasteiger partial charge in [-0.15, -0.1) is 0 Å². The normalized spacial score (nSPS) is 19.7. The Morgan fingerprint density at radius 2 is 2.09 bits per heavy atom. The van der Waals surface area contributed by atoms with Crippen molar-refractivity contribution in [1.29, 1.82) is 0 Å². The highest BCUT2D eigenvalue weighted by molar-refractivity contribution is 5.77. The minimum Gasteiger partial charge on any atom is -0.481 e. The van der Waals surface area contributed by atoms with Gasteiger partial charge in [-0.05, 0) is 17.9 Å². The summed E-state index contributed by atoms with van der Waals surface area (Å²) in [6, 6.07) is 10.0. The number of benzene rings is 1. The Labute approximate surface area is 130 Å². The summed E-state index contributed by atoms with van der Waals surface area (Å²) < 4.78 is 5.41. The van der Waals surface area contributed by atoms with E-state index in [1.807, 2.05) is 30.3 Å². The van der Waals surface area contributed by atoms with Crippen LogP contribution in [-0.4, -0.2) is 47.7 Å². The van der Waals surface area contributed by atoms with Crippen LogP contribution in [0.5, 0.6) is 0 Å². The Bertz CT molecular complexity index is 503. The van der Waals surface area contributed by atoms with E-state index in [9.17, 15) is 9.59 Å². The van der Waals surface area contributed by atoms with E-state index in [1.54, 1.807) is 4.90 Å². The summed E-state index contributed by atoms with van der Waals surface area (Å²) in [6.07, 6.45) is 0.908. The Morgan fingerprint density at radius 3 is 2.73 bits per heavy atom. The molecule has 0 aromatic heterocycles. The molecule has 0 aliphatic carbocycles. The zero-order chi connectivity index (χ0) is 15.9. The van der Waals surface area contributed by atoms with Crippen molar-refractivity contribution in [3.8, 4) is 0 Å². The first-order chi connectivity index (χ1) is 10.6. The van der Waals surface area contributed by atoms with Gasteiger partial charge in [0.05, 0.1) is 19.1 Å². The van der Waals surface area contributed by atoms with Crippen molar-refractivity contribution in [1.82, 2.24) is 4.90 Å². The molecule has 1 amide bonds. The SMILES string of the molecule is CCC(CC(=O)N1CCOC(CC(=O)O)C1)c1ccccc1. The van der Waals surface area contributed by atoms with E-state index in [-0.39, 0.29) is 18.2 Å². The third kappa shape index (κ3) is 4.56. The molecular weight excluding hydrogens is 282 g/mol. The topological polar surface area (TPSA) is 66.8 Å². The van der Waals surface area contributed by atoms with Gasteiger partial charge in [0, 0.05) is 19.5 Å². The van der Waals surface area contributed by atoms with E-state index >= 15 is 0 Å². The molecule has 2 rings (SSSR count). The van der Waals surface area contributed by atoms with Gasteiger partial charge in [0.15, 0.2) is 0 Å². The first-order valence-electron chi connectivity index (χ1n) is 7.76. The molecule has 1 aromatic rings. The van der Waals surface area contributed by atoms with Crippen molar-refractivity contribution in [2.24, 2.45) is 0 Å². The molecule has 1 fully saturated rings. The average molecular weight is 305 g/mol. The molecule has 120 valence electrons. The quantitative estimate of drug-likeness (QED) is 0.875. The second-order valence-corrected chi connectivity index (χ2v) is 5.65. The van der Waals surface area contributed by atoms with Crippen molar-refractivity contribution in [3.05, 3.63) is 35.9 Å². The van der Waals surface area contributed by atoms with Gasteiger partial charge in [-0.2, -0.15) is 0 Å². The number of carbonyl (C=O) groups excluding carboxylic acids is 1. The molecule has 1 aliphatic heterocycles. The second-order valence-electron chi connectivity index (χ2n) is 5.65. The average Bonchev–Trinajstić information content (AvgIpc) is 2.53. The van der Waals surface area contributed by atoms with Crippen LogP contribution in [0.25, 0.3) is 0 Å². The van der Waals surface area contributed by atoms with E-state index in [0.29, 0.717) is 26.1 Å². The van der Waals surface area contributed by atoms with Crippen molar-refractivity contribution in [3.63, 3.8) is 0 Å². The molecule has 2 unspecified atom stereocenters. The number of amides is 1. The van der Waals surface area contributed by atoms with Gasteiger partial charge in [0.25, 0.3) is 0 Å². The molecule has 5 nitrogen and oxygen atoms in total. The fraction of sp³-hybridized carbons (Fsp3) is 0.529. The number of morpholine rings is 1. The van der Waals surface area contributed by atoms with Gasteiger partial charge in [0.2, 0.25) is 5.91 Å². The lowest BCUT2D eigenvalue weighted by Gasteiger charge is -2.33. The minimum absolute atomic E-state index is 0.0559. The highest BCUT2D eigenvalue weighted by Gasteiger charge is 2.27. The number of rotatable bonds is 6. The van der Waals surface area contributed by atoms with Crippen LogP contribution in [-0.2, 0) is 14.3 Å². The van der Waals surface area contributed by atoms with Crippen LogP contribution in [0, 0.1) is 0 Å². The third-order valence-electron chi connectivity index (χ3n) is 4.08. The van der Waals surface area contributed by atoms with Gasteiger partial charge < -0.3 is 14.7 Å². The van der Waals surface area contributed by atoms with E-state index in [4.69, 9.17) is 9.84 Å². The molecule has 0 saturated carbocycles. The minimum atomic E-state index is -0.894. The van der Waals surface area contributed by atoms with Crippen LogP contribution in [0.15, 0.2) is 30.3 Å². The summed E-state index contributed by atoms with van der Waals surface area (Å²) in [4.78, 5) is 25.0. The lowest BCUT2D eigenvalue weighted by atomic mass is 9.92. The largest absolute Gasteiger partial charge is 0.481 e. The maximum atomic E-state index is 12.5. The summed E-state index contributed by atoms with van der Waals surface area (Å²) in [5.74, 6) is -0.612. The monoisotopic (exact) mass is 305 g/mol. The smallest absolute Gasteiger partial charge is 0.306 e. The summed E-state index contributed by atoms with van der Waals surface area (Å²) in [5.41, 5.74) is 1.17. The van der Waals surface area contributed by atoms with Crippen molar-refractivity contribution in [2.45, 2.75) is 38.2 Å². The number of carboxylic acid groups (broad SMARTS) is 1. The summed E-state index contributed by atoms with van der Waals surface area (Å²) in [6.45, 7) is 3.40. The summed E-state index contributed by atoms with van der Waals surface area (Å²) in [5, 5.41) is 8.84. The predicted octanol–water partition coefficient (Wildman–Crippen LogP) is 2.27. The fourth-order valence-corrected chi connectivity index (χ4v) is 2.83. The zero-order valence-corrected chi connectivity index (χ0v) is 12.9. The van der Waals surface area contributed by atoms with Crippen molar-refractivity contribution < 1.29 is 19.4 Å². The number of carbonyl (C=O) groups is 2. The zero-order valence-electron chi connectivity index (χ0n) is 12.9. The number of ether oxygens (including phenoxy) is 1. The Kier molecular flexibility index (Phi) is 5.95. The van der Waals surface area contributed by atoms with E-state index < -0.39 is 12.1 Å². The van der Waals surface area contributed by atoms with E-state index in [1.165, 1.54) is 5.56 Å². The first-order valence-corrected chi connectivity index (χ1v) is 7.76. The van der Waals surface area contributed by atoms with E-state index in [0.717, 1.165) is 6.42 Å². The lowest BCUT2D eigenvalue weighted by molar-refractivity contribution is -0.147. The second kappa shape index (κ2) is 7.94. The van der Waals surface area contributed by atoms with Crippen LogP contribution in [0.4, 0.5) is 0 Å². The third-order valence-corrected chi connectivity index (χ3v) is 4.08. The summed E-state index contributed by atoms with van der Waals surface area (Å²) in [7, 11) is 0. The van der Waals surface area contributed by atoms with Crippen LogP contribution >= 0.6 is 0 Å². The van der Waals surface area contributed by atoms with Crippen LogP contribution in [0.2, 0.25) is 0 Å². The van der Waals surface area contributed by atoms with Gasteiger partial charge in [-0.3, -0.25) is 9.59 Å². The van der Waals surface area contributed by atoms with E-state index in [2.05, 4.69) is 6.92 Å². The van der Waals surface area contributed by atoms with Gasteiger partial charge >= 0.3 is 5.97 Å². The highest BCUT2D eigenvalue weighted by Crippen LogP contribution is 2.24. The number of hydrogen-bond donors (Lipinski definition) is 1. The van der Waals surface area contributed by atoms with Crippen LogP contribution in [0.3, 0.4) is 0 Å². The number of hydrogen-bond acceptors (Lipinski definition) is 3. The fourth-order valence-electron chi connectivity index (χ4n) is 2.83. The van der Waals surface area contributed by atoms with Gasteiger partial charge in [0.1, 0.15) is 0 Å². The Balaban J connectivity index is 1.94.